The van der Waals surface area contributed by atoms with Crippen LogP contribution in [0.1, 0.15) is 6.92 Å². The largest absolute Gasteiger partial charge is 0.338 e. The fourth-order valence-electron chi connectivity index (χ4n) is 1.94. The Labute approximate surface area is 138 Å². The van der Waals surface area contributed by atoms with Crippen molar-refractivity contribution in [1.29, 1.82) is 0 Å². The number of hydrogen-bond acceptors (Lipinski definition) is 5. The summed E-state index contributed by atoms with van der Waals surface area (Å²) in [5, 5.41) is 15.7. The van der Waals surface area contributed by atoms with Gasteiger partial charge in [-0.25, -0.2) is 13.2 Å². The number of urea groups is 1. The Hall–Kier alpha value is -2.94. The monoisotopic (exact) mass is 349 g/mol. The number of nitrogens with one attached hydrogen (secondary N) is 2. The molecule has 2 amide bonds. The van der Waals surface area contributed by atoms with Gasteiger partial charge in [0.2, 0.25) is 9.84 Å². The van der Waals surface area contributed by atoms with E-state index in [9.17, 15) is 23.3 Å². The minimum absolute atomic E-state index is 0.0257. The molecule has 0 atom stereocenters. The van der Waals surface area contributed by atoms with E-state index in [0.717, 1.165) is 12.1 Å². The van der Waals surface area contributed by atoms with Gasteiger partial charge in [-0.2, -0.15) is 0 Å². The quantitative estimate of drug-likeness (QED) is 0.635. The van der Waals surface area contributed by atoms with Gasteiger partial charge in [0.1, 0.15) is 0 Å². The number of anilines is 1. The van der Waals surface area contributed by atoms with Gasteiger partial charge >= 0.3 is 6.03 Å². The number of amides is 2. The summed E-state index contributed by atoms with van der Waals surface area (Å²) in [5.41, 5.74) is 0.263. The second-order valence-electron chi connectivity index (χ2n) is 4.76. The molecule has 8 nitrogen and oxygen atoms in total. The number of rotatable bonds is 5. The van der Waals surface area contributed by atoms with Crippen LogP contribution in [0.3, 0.4) is 0 Å². The van der Waals surface area contributed by atoms with E-state index in [1.54, 1.807) is 6.92 Å². The van der Waals surface area contributed by atoms with Crippen LogP contribution in [0.2, 0.25) is 0 Å². The molecule has 0 heterocycles. The zero-order valence-electron chi connectivity index (χ0n) is 12.7. The molecule has 9 heteroatoms. The van der Waals surface area contributed by atoms with Crippen LogP contribution in [-0.2, 0) is 9.84 Å². The van der Waals surface area contributed by atoms with Crippen LogP contribution in [0.4, 0.5) is 16.2 Å². The first-order valence-corrected chi connectivity index (χ1v) is 8.47. The molecule has 2 aromatic rings. The summed E-state index contributed by atoms with van der Waals surface area (Å²) in [6.07, 6.45) is 0. The highest BCUT2D eigenvalue weighted by atomic mass is 32.2. The minimum atomic E-state index is -3.79. The highest BCUT2D eigenvalue weighted by molar-refractivity contribution is 7.91. The Kier molecular flexibility index (Phi) is 5.14. The Morgan fingerprint density at radius 1 is 1.04 bits per heavy atom. The maximum absolute atomic E-state index is 12.5. The van der Waals surface area contributed by atoms with Crippen molar-refractivity contribution < 1.29 is 18.1 Å². The minimum Gasteiger partial charge on any atom is -0.338 e. The van der Waals surface area contributed by atoms with E-state index in [1.807, 2.05) is 0 Å². The summed E-state index contributed by atoms with van der Waals surface area (Å²) in [5.74, 6) is 0. The lowest BCUT2D eigenvalue weighted by Gasteiger charge is -2.08. The molecule has 0 radical (unpaired) electrons. The van der Waals surface area contributed by atoms with Gasteiger partial charge in [-0.1, -0.05) is 0 Å². The molecule has 0 saturated carbocycles. The van der Waals surface area contributed by atoms with Crippen LogP contribution in [0.5, 0.6) is 0 Å². The average Bonchev–Trinajstić information content (AvgIpc) is 2.55. The standard InChI is InChI=1S/C15H15N3O5S/c1-2-16-15(19)17-11-3-7-13(8-4-11)24(22,23)14-9-5-12(6-10-14)18(20)21/h3-10H,2H2,1H3,(H2,16,17,19). The summed E-state index contributed by atoms with van der Waals surface area (Å²) in [6, 6.07) is 9.92. The van der Waals surface area contributed by atoms with Crippen molar-refractivity contribution in [2.24, 2.45) is 0 Å². The molecule has 2 aromatic carbocycles. The lowest BCUT2D eigenvalue weighted by atomic mass is 10.3. The number of carbonyl (C=O) groups is 1. The fourth-order valence-corrected chi connectivity index (χ4v) is 3.20. The third kappa shape index (κ3) is 3.87. The molecule has 0 aromatic heterocycles. The van der Waals surface area contributed by atoms with Crippen LogP contribution < -0.4 is 10.6 Å². The summed E-state index contributed by atoms with van der Waals surface area (Å²) >= 11 is 0. The highest BCUT2D eigenvalue weighted by Gasteiger charge is 2.18. The topological polar surface area (TPSA) is 118 Å². The lowest BCUT2D eigenvalue weighted by Crippen LogP contribution is -2.28. The molecule has 2 N–H and O–H groups in total. The summed E-state index contributed by atoms with van der Waals surface area (Å²) < 4.78 is 25.0. The summed E-state index contributed by atoms with van der Waals surface area (Å²) in [7, 11) is -3.79. The molecule has 0 spiro atoms. The first kappa shape index (κ1) is 17.4. The molecule has 0 unspecified atom stereocenters. The third-order valence-corrected chi connectivity index (χ3v) is 4.90. The van der Waals surface area contributed by atoms with Crippen LogP contribution in [0, 0.1) is 10.1 Å². The molecule has 2 rings (SSSR count). The maximum atomic E-state index is 12.5. The van der Waals surface area contributed by atoms with Gasteiger partial charge in [0.25, 0.3) is 5.69 Å². The molecule has 0 aliphatic rings. The second-order valence-corrected chi connectivity index (χ2v) is 6.71. The van der Waals surface area contributed by atoms with E-state index in [1.165, 1.54) is 36.4 Å². The Bertz CT molecular complexity index is 846. The molecule has 0 saturated heterocycles. The maximum Gasteiger partial charge on any atom is 0.319 e. The lowest BCUT2D eigenvalue weighted by molar-refractivity contribution is -0.384. The van der Waals surface area contributed by atoms with Gasteiger partial charge < -0.3 is 10.6 Å². The molecule has 126 valence electrons. The van der Waals surface area contributed by atoms with Gasteiger partial charge in [-0.3, -0.25) is 10.1 Å². The van der Waals surface area contributed by atoms with Gasteiger partial charge in [0.15, 0.2) is 0 Å². The van der Waals surface area contributed by atoms with Crippen LogP contribution in [0.25, 0.3) is 0 Å². The SMILES string of the molecule is CCNC(=O)Nc1ccc(S(=O)(=O)c2ccc([N+](=O)[O-])cc2)cc1. The first-order valence-electron chi connectivity index (χ1n) is 6.99. The zero-order valence-corrected chi connectivity index (χ0v) is 13.5. The van der Waals surface area contributed by atoms with E-state index in [4.69, 9.17) is 0 Å². The van der Waals surface area contributed by atoms with Crippen molar-refractivity contribution in [3.63, 3.8) is 0 Å². The molecule has 0 aliphatic heterocycles. The van der Waals surface area contributed by atoms with Crippen LogP contribution in [0.15, 0.2) is 58.3 Å². The van der Waals surface area contributed by atoms with Crippen molar-refractivity contribution >= 4 is 27.2 Å². The fraction of sp³-hybridized carbons (Fsp3) is 0.133. The van der Waals surface area contributed by atoms with E-state index >= 15 is 0 Å². The molecular formula is C15H15N3O5S. The average molecular weight is 349 g/mol. The number of nitrogens with zero attached hydrogens (tertiary/aromatic N) is 1. The number of nitro groups is 1. The van der Waals surface area contributed by atoms with Crippen molar-refractivity contribution in [2.45, 2.75) is 16.7 Å². The summed E-state index contributed by atoms with van der Waals surface area (Å²) in [4.78, 5) is 21.4. The van der Waals surface area contributed by atoms with E-state index in [0.29, 0.717) is 12.2 Å². The number of carbonyl (C=O) groups excluding carboxylic acids is 1. The number of nitro benzene ring substituents is 1. The van der Waals surface area contributed by atoms with Crippen molar-refractivity contribution in [3.05, 3.63) is 58.6 Å². The van der Waals surface area contributed by atoms with Gasteiger partial charge in [0.05, 0.1) is 14.7 Å². The number of non-ortho nitro benzene ring substituents is 1. The Balaban J connectivity index is 2.23. The van der Waals surface area contributed by atoms with Gasteiger partial charge in [0, 0.05) is 24.4 Å². The predicted molar refractivity (Wildman–Crippen MR) is 87.7 cm³/mol. The third-order valence-electron chi connectivity index (χ3n) is 3.12. The molecule has 0 bridgehead atoms. The number of benzene rings is 2. The molecule has 0 aliphatic carbocycles. The first-order chi connectivity index (χ1) is 11.3. The van der Waals surface area contributed by atoms with Gasteiger partial charge in [-0.05, 0) is 43.3 Å². The number of sulfone groups is 1. The molecule has 0 fully saturated rings. The Morgan fingerprint density at radius 2 is 1.54 bits per heavy atom. The molecule has 24 heavy (non-hydrogen) atoms. The number of hydrogen-bond donors (Lipinski definition) is 2. The zero-order chi connectivity index (χ0) is 17.7. The van der Waals surface area contributed by atoms with Crippen molar-refractivity contribution in [3.8, 4) is 0 Å². The van der Waals surface area contributed by atoms with Gasteiger partial charge in [-0.15, -0.1) is 0 Å². The second kappa shape index (κ2) is 7.09. The van der Waals surface area contributed by atoms with Crippen molar-refractivity contribution in [2.75, 3.05) is 11.9 Å². The summed E-state index contributed by atoms with van der Waals surface area (Å²) in [6.45, 7) is 2.25. The van der Waals surface area contributed by atoms with E-state index in [2.05, 4.69) is 10.6 Å². The van der Waals surface area contributed by atoms with Crippen LogP contribution >= 0.6 is 0 Å². The molecular weight excluding hydrogens is 334 g/mol. The predicted octanol–water partition coefficient (Wildman–Crippen LogP) is 2.57. The van der Waals surface area contributed by atoms with Crippen LogP contribution in [-0.4, -0.2) is 25.9 Å². The highest BCUT2D eigenvalue weighted by Crippen LogP contribution is 2.24. The smallest absolute Gasteiger partial charge is 0.319 e. The van der Waals surface area contributed by atoms with E-state index < -0.39 is 14.8 Å². The Morgan fingerprint density at radius 3 is 2.00 bits per heavy atom. The van der Waals surface area contributed by atoms with Crippen molar-refractivity contribution in [1.82, 2.24) is 5.32 Å². The van der Waals surface area contributed by atoms with E-state index in [-0.39, 0.29) is 21.5 Å². The normalized spacial score (nSPS) is 10.9.